The predicted octanol–water partition coefficient (Wildman–Crippen LogP) is 0.638. The number of likely N-dealkylation sites (N-methyl/N-ethyl adjacent to an activating group) is 1. The van der Waals surface area contributed by atoms with Crippen LogP contribution >= 0.6 is 0 Å². The molecule has 0 saturated carbocycles. The van der Waals surface area contributed by atoms with E-state index < -0.39 is 0 Å². The fourth-order valence-electron chi connectivity index (χ4n) is 3.24. The fraction of sp³-hybridized carbons (Fsp3) is 0.611. The van der Waals surface area contributed by atoms with Gasteiger partial charge in [-0.15, -0.1) is 0 Å². The molecule has 2 aliphatic rings. The fourth-order valence-corrected chi connectivity index (χ4v) is 3.24. The van der Waals surface area contributed by atoms with Gasteiger partial charge in [0, 0.05) is 38.4 Å². The molecule has 1 amide bonds. The average Bonchev–Trinajstić information content (AvgIpc) is 3.08. The monoisotopic (exact) mass is 332 g/mol. The average molecular weight is 332 g/mol. The minimum Gasteiger partial charge on any atom is -0.489 e. The topological polar surface area (TPSA) is 48.1 Å². The molecule has 132 valence electrons. The first-order valence-corrected chi connectivity index (χ1v) is 8.77. The molecule has 0 aromatic heterocycles. The summed E-state index contributed by atoms with van der Waals surface area (Å²) in [5.74, 6) is 1.15. The highest BCUT2D eigenvalue weighted by atomic mass is 16.5. The number of benzene rings is 1. The van der Waals surface area contributed by atoms with Gasteiger partial charge in [0.15, 0.2) is 0 Å². The van der Waals surface area contributed by atoms with Gasteiger partial charge in [0.05, 0.1) is 6.54 Å². The van der Waals surface area contributed by atoms with E-state index in [0.717, 1.165) is 51.4 Å². The van der Waals surface area contributed by atoms with Crippen LogP contribution < -0.4 is 15.0 Å². The summed E-state index contributed by atoms with van der Waals surface area (Å²) in [6.07, 6.45) is 1.37. The number of carbonyl (C=O) groups excluding carboxylic acids is 1. The van der Waals surface area contributed by atoms with E-state index in [9.17, 15) is 4.79 Å². The van der Waals surface area contributed by atoms with E-state index in [-0.39, 0.29) is 5.91 Å². The molecule has 1 aromatic carbocycles. The van der Waals surface area contributed by atoms with Crippen molar-refractivity contribution in [2.24, 2.45) is 0 Å². The number of anilines is 1. The Bertz CT molecular complexity index is 532. The molecule has 2 heterocycles. The number of rotatable bonds is 5. The van der Waals surface area contributed by atoms with Gasteiger partial charge in [-0.1, -0.05) is 0 Å². The zero-order chi connectivity index (χ0) is 16.9. The van der Waals surface area contributed by atoms with Crippen LogP contribution in [0, 0.1) is 0 Å². The van der Waals surface area contributed by atoms with Crippen LogP contribution in [0.5, 0.6) is 5.75 Å². The first-order valence-electron chi connectivity index (χ1n) is 8.77. The molecular formula is C18H28N4O2. The third-order valence-electron chi connectivity index (χ3n) is 4.60. The molecule has 1 N–H and O–H groups in total. The van der Waals surface area contributed by atoms with Crippen molar-refractivity contribution in [3.05, 3.63) is 24.3 Å². The van der Waals surface area contributed by atoms with Crippen molar-refractivity contribution in [2.75, 3.05) is 64.8 Å². The summed E-state index contributed by atoms with van der Waals surface area (Å²) in [4.78, 5) is 18.3. The Morgan fingerprint density at radius 3 is 2.50 bits per heavy atom. The lowest BCUT2D eigenvalue weighted by Gasteiger charge is -2.36. The predicted molar refractivity (Wildman–Crippen MR) is 95.7 cm³/mol. The number of hydrogen-bond donors (Lipinski definition) is 1. The summed E-state index contributed by atoms with van der Waals surface area (Å²) in [6.45, 7) is 5.81. The van der Waals surface area contributed by atoms with Gasteiger partial charge in [-0.3, -0.25) is 4.79 Å². The molecule has 2 fully saturated rings. The summed E-state index contributed by atoms with van der Waals surface area (Å²) in [7, 11) is 3.86. The van der Waals surface area contributed by atoms with Crippen LogP contribution in [-0.2, 0) is 4.79 Å². The van der Waals surface area contributed by atoms with Crippen molar-refractivity contribution in [2.45, 2.75) is 12.5 Å². The van der Waals surface area contributed by atoms with Crippen LogP contribution in [-0.4, -0.2) is 81.7 Å². The Hall–Kier alpha value is -1.79. The second-order valence-electron chi connectivity index (χ2n) is 6.83. The number of ether oxygens (including phenoxy) is 1. The normalized spacial score (nSPS) is 21.4. The maximum atomic E-state index is 12.1. The van der Waals surface area contributed by atoms with E-state index in [4.69, 9.17) is 4.74 Å². The molecule has 0 bridgehead atoms. The number of carbonyl (C=O) groups is 1. The Morgan fingerprint density at radius 2 is 1.92 bits per heavy atom. The lowest BCUT2D eigenvalue weighted by atomic mass is 10.2. The molecule has 0 radical (unpaired) electrons. The summed E-state index contributed by atoms with van der Waals surface area (Å²) in [5, 5.41) is 3.31. The van der Waals surface area contributed by atoms with Crippen LogP contribution in [0.15, 0.2) is 24.3 Å². The minimum atomic E-state index is 0.216. The van der Waals surface area contributed by atoms with Crippen molar-refractivity contribution in [1.29, 1.82) is 0 Å². The van der Waals surface area contributed by atoms with E-state index >= 15 is 0 Å². The molecule has 2 saturated heterocycles. The molecular weight excluding hydrogens is 304 g/mol. The molecule has 1 unspecified atom stereocenters. The van der Waals surface area contributed by atoms with Crippen LogP contribution in [0.25, 0.3) is 0 Å². The zero-order valence-electron chi connectivity index (χ0n) is 14.7. The summed E-state index contributed by atoms with van der Waals surface area (Å²) in [6, 6.07) is 8.35. The summed E-state index contributed by atoms with van der Waals surface area (Å²) in [5.41, 5.74) is 1.20. The van der Waals surface area contributed by atoms with E-state index in [1.807, 2.05) is 23.9 Å². The molecule has 2 aliphatic heterocycles. The number of nitrogens with zero attached hydrogens (tertiary/aromatic N) is 3. The third kappa shape index (κ3) is 4.39. The van der Waals surface area contributed by atoms with Gasteiger partial charge >= 0.3 is 0 Å². The van der Waals surface area contributed by atoms with Crippen LogP contribution in [0.3, 0.4) is 0 Å². The van der Waals surface area contributed by atoms with Gasteiger partial charge in [0.2, 0.25) is 5.91 Å². The molecule has 0 spiro atoms. The number of hydrogen-bond acceptors (Lipinski definition) is 5. The summed E-state index contributed by atoms with van der Waals surface area (Å²) >= 11 is 0. The van der Waals surface area contributed by atoms with Gasteiger partial charge in [-0.2, -0.15) is 0 Å². The first-order chi connectivity index (χ1) is 11.6. The Labute approximate surface area is 144 Å². The number of amides is 1. The molecule has 1 atom stereocenters. The van der Waals surface area contributed by atoms with Crippen molar-refractivity contribution in [1.82, 2.24) is 15.1 Å². The highest BCUT2D eigenvalue weighted by Gasteiger charge is 2.21. The van der Waals surface area contributed by atoms with Gasteiger partial charge in [-0.25, -0.2) is 0 Å². The van der Waals surface area contributed by atoms with Gasteiger partial charge < -0.3 is 24.8 Å². The highest BCUT2D eigenvalue weighted by Crippen LogP contribution is 2.22. The molecule has 0 aliphatic carbocycles. The van der Waals surface area contributed by atoms with Crippen molar-refractivity contribution in [3.63, 3.8) is 0 Å². The second-order valence-corrected chi connectivity index (χ2v) is 6.83. The maximum Gasteiger partial charge on any atom is 0.236 e. The third-order valence-corrected chi connectivity index (χ3v) is 4.60. The van der Waals surface area contributed by atoms with Crippen molar-refractivity contribution < 1.29 is 9.53 Å². The zero-order valence-corrected chi connectivity index (χ0v) is 14.7. The highest BCUT2D eigenvalue weighted by molar-refractivity contribution is 5.78. The molecule has 6 heteroatoms. The standard InChI is InChI=1S/C18H28N4O2/c1-20(2)14-18(23)22-11-9-21(10-12-22)15-3-5-16(6-4-15)24-17-7-8-19-13-17/h3-6,17,19H,7-14H2,1-2H3. The summed E-state index contributed by atoms with van der Waals surface area (Å²) < 4.78 is 5.96. The van der Waals surface area contributed by atoms with Gasteiger partial charge in [-0.05, 0) is 51.3 Å². The SMILES string of the molecule is CN(C)CC(=O)N1CCN(c2ccc(OC3CCNC3)cc2)CC1. The van der Waals surface area contributed by atoms with Crippen LogP contribution in [0.1, 0.15) is 6.42 Å². The molecule has 24 heavy (non-hydrogen) atoms. The first kappa shape index (κ1) is 17.0. The minimum absolute atomic E-state index is 0.216. The largest absolute Gasteiger partial charge is 0.489 e. The van der Waals surface area contributed by atoms with E-state index in [1.54, 1.807) is 0 Å². The Balaban J connectivity index is 1.50. The quantitative estimate of drug-likeness (QED) is 0.857. The van der Waals surface area contributed by atoms with E-state index in [2.05, 4.69) is 34.5 Å². The lowest BCUT2D eigenvalue weighted by Crippen LogP contribution is -2.50. The molecule has 3 rings (SSSR count). The van der Waals surface area contributed by atoms with Crippen LogP contribution in [0.4, 0.5) is 5.69 Å². The van der Waals surface area contributed by atoms with Crippen LogP contribution in [0.2, 0.25) is 0 Å². The Morgan fingerprint density at radius 1 is 1.21 bits per heavy atom. The second kappa shape index (κ2) is 7.85. The number of piperazine rings is 1. The Kier molecular flexibility index (Phi) is 5.58. The van der Waals surface area contributed by atoms with Gasteiger partial charge in [0.25, 0.3) is 0 Å². The molecule has 1 aromatic rings. The van der Waals surface area contributed by atoms with Crippen molar-refractivity contribution in [3.8, 4) is 5.75 Å². The number of nitrogens with one attached hydrogen (secondary N) is 1. The lowest BCUT2D eigenvalue weighted by molar-refractivity contribution is -0.132. The smallest absolute Gasteiger partial charge is 0.236 e. The van der Waals surface area contributed by atoms with Gasteiger partial charge in [0.1, 0.15) is 11.9 Å². The molecule has 6 nitrogen and oxygen atoms in total. The van der Waals surface area contributed by atoms with Crippen molar-refractivity contribution >= 4 is 11.6 Å². The van der Waals surface area contributed by atoms with E-state index in [0.29, 0.717) is 12.6 Å². The maximum absolute atomic E-state index is 12.1. The van der Waals surface area contributed by atoms with E-state index in [1.165, 1.54) is 5.69 Å².